The Hall–Kier alpha value is -2.91. The zero-order valence-corrected chi connectivity index (χ0v) is 20.4. The second-order valence-corrected chi connectivity index (χ2v) is 10.4. The molecule has 6 rings (SSSR count). The van der Waals surface area contributed by atoms with Gasteiger partial charge in [-0.15, -0.1) is 10.2 Å². The number of aromatic nitrogens is 4. The fraction of sp³-hybridized carbons (Fsp3) is 0.538. The Kier molecular flexibility index (Phi) is 5.37. The van der Waals surface area contributed by atoms with Crippen molar-refractivity contribution in [2.45, 2.75) is 50.8 Å². The number of ether oxygens (including phenoxy) is 1. The third-order valence-electron chi connectivity index (χ3n) is 7.76. The summed E-state index contributed by atoms with van der Waals surface area (Å²) in [5.74, 6) is 0.318. The summed E-state index contributed by atoms with van der Waals surface area (Å²) in [6.45, 7) is 7.13. The molecule has 2 saturated heterocycles. The molecule has 9 heteroatoms. The van der Waals surface area contributed by atoms with Gasteiger partial charge in [-0.25, -0.2) is 9.18 Å². The lowest BCUT2D eigenvalue weighted by Gasteiger charge is -2.32. The molecule has 4 atom stereocenters. The molecule has 35 heavy (non-hydrogen) atoms. The second-order valence-electron chi connectivity index (χ2n) is 10.4. The van der Waals surface area contributed by atoms with Crippen molar-refractivity contribution in [3.63, 3.8) is 0 Å². The van der Waals surface area contributed by atoms with E-state index in [1.807, 2.05) is 19.9 Å². The van der Waals surface area contributed by atoms with Crippen molar-refractivity contribution in [2.75, 3.05) is 26.2 Å². The molecule has 1 aromatic carbocycles. The Morgan fingerprint density at radius 1 is 1.26 bits per heavy atom. The molecule has 0 N–H and O–H groups in total. The van der Waals surface area contributed by atoms with E-state index in [4.69, 9.17) is 4.74 Å². The van der Waals surface area contributed by atoms with Crippen LogP contribution in [0.4, 0.5) is 4.39 Å². The second kappa shape index (κ2) is 8.34. The van der Waals surface area contributed by atoms with Gasteiger partial charge in [0.2, 0.25) is 0 Å². The van der Waals surface area contributed by atoms with E-state index in [0.717, 1.165) is 24.8 Å². The van der Waals surface area contributed by atoms with Crippen LogP contribution < -0.4 is 5.69 Å². The van der Waals surface area contributed by atoms with Crippen molar-refractivity contribution in [1.29, 1.82) is 0 Å². The minimum atomic E-state index is -1.07. The standard InChI is InChI=1S/C26H31FN6O2/c1-16(2)33-23-19-7-8-20(27)21(22(19)29-30-24(23)31(3)25(33)34)26(9-5-10-28-15-26)35-11-4-6-17-12-18-14-32(18)13-17/h5,7-10,16-18H,4,6,11-15H2,1-3H3. The van der Waals surface area contributed by atoms with E-state index in [2.05, 4.69) is 20.1 Å². The molecular formula is C26H31FN6O2. The summed E-state index contributed by atoms with van der Waals surface area (Å²) in [5.41, 5.74) is 0.634. The number of rotatable bonds is 7. The molecule has 0 radical (unpaired) electrons. The van der Waals surface area contributed by atoms with Crippen molar-refractivity contribution in [1.82, 2.24) is 24.2 Å². The summed E-state index contributed by atoms with van der Waals surface area (Å²) in [4.78, 5) is 19.9. The molecule has 3 aromatic rings. The molecule has 0 aliphatic carbocycles. The number of halogens is 1. The Morgan fingerprint density at radius 2 is 2.11 bits per heavy atom. The summed E-state index contributed by atoms with van der Waals surface area (Å²) in [7, 11) is 1.68. The summed E-state index contributed by atoms with van der Waals surface area (Å²) in [6, 6.07) is 3.85. The van der Waals surface area contributed by atoms with Gasteiger partial charge in [0, 0.05) is 50.4 Å². The number of benzene rings is 1. The van der Waals surface area contributed by atoms with Crippen LogP contribution in [0.2, 0.25) is 0 Å². The van der Waals surface area contributed by atoms with Crippen molar-refractivity contribution < 1.29 is 9.13 Å². The molecule has 0 saturated carbocycles. The van der Waals surface area contributed by atoms with Gasteiger partial charge in [-0.3, -0.25) is 19.0 Å². The Labute approximate surface area is 203 Å². The van der Waals surface area contributed by atoms with Gasteiger partial charge in [0.05, 0.1) is 12.1 Å². The largest absolute Gasteiger partial charge is 0.364 e. The molecular weight excluding hydrogens is 447 g/mol. The first-order valence-corrected chi connectivity index (χ1v) is 12.5. The molecule has 4 unspecified atom stereocenters. The molecule has 2 fully saturated rings. The predicted octanol–water partition coefficient (Wildman–Crippen LogP) is 3.34. The summed E-state index contributed by atoms with van der Waals surface area (Å²) >= 11 is 0. The number of aryl methyl sites for hydroxylation is 1. The maximum Gasteiger partial charge on any atom is 0.330 e. The monoisotopic (exact) mass is 478 g/mol. The van der Waals surface area contributed by atoms with Crippen LogP contribution in [0.1, 0.15) is 44.7 Å². The number of nitrogens with zero attached hydrogens (tertiary/aromatic N) is 6. The van der Waals surface area contributed by atoms with Crippen LogP contribution in [0.3, 0.4) is 0 Å². The zero-order chi connectivity index (χ0) is 24.3. The maximum absolute atomic E-state index is 15.6. The molecule has 0 spiro atoms. The fourth-order valence-corrected chi connectivity index (χ4v) is 5.95. The van der Waals surface area contributed by atoms with Crippen LogP contribution in [0.25, 0.3) is 22.1 Å². The SMILES string of the molecule is CC(C)n1c(=O)n(C)c2nnc3c(C4(OCCCC5CC6CN6C5)C=CC=NC4)c(F)ccc3c21. The Bertz CT molecular complexity index is 1410. The third kappa shape index (κ3) is 3.63. The Balaban J connectivity index is 1.40. The quantitative estimate of drug-likeness (QED) is 0.385. The van der Waals surface area contributed by atoms with E-state index in [1.165, 1.54) is 30.1 Å². The first kappa shape index (κ1) is 22.5. The Morgan fingerprint density at radius 3 is 2.83 bits per heavy atom. The number of allylic oxidation sites excluding steroid dienone is 1. The van der Waals surface area contributed by atoms with Gasteiger partial charge in [-0.2, -0.15) is 0 Å². The van der Waals surface area contributed by atoms with Gasteiger partial charge in [0.25, 0.3) is 0 Å². The van der Waals surface area contributed by atoms with Crippen molar-refractivity contribution in [2.24, 2.45) is 18.0 Å². The van der Waals surface area contributed by atoms with E-state index in [9.17, 15) is 4.79 Å². The fourth-order valence-electron chi connectivity index (χ4n) is 5.95. The van der Waals surface area contributed by atoms with E-state index in [0.29, 0.717) is 34.2 Å². The van der Waals surface area contributed by atoms with Gasteiger partial charge in [-0.1, -0.05) is 0 Å². The van der Waals surface area contributed by atoms with E-state index in [1.54, 1.807) is 30.0 Å². The smallest absolute Gasteiger partial charge is 0.330 e. The van der Waals surface area contributed by atoms with Gasteiger partial charge in [-0.05, 0) is 63.3 Å². The number of imidazole rings is 1. The molecule has 3 aliphatic rings. The lowest BCUT2D eigenvalue weighted by atomic mass is 9.89. The average molecular weight is 479 g/mol. The number of hydrogen-bond donors (Lipinski definition) is 0. The van der Waals surface area contributed by atoms with Gasteiger partial charge >= 0.3 is 5.69 Å². The van der Waals surface area contributed by atoms with Crippen LogP contribution in [0.5, 0.6) is 0 Å². The maximum atomic E-state index is 15.6. The summed E-state index contributed by atoms with van der Waals surface area (Å²) in [5, 5.41) is 9.48. The highest BCUT2D eigenvalue weighted by Crippen LogP contribution is 2.39. The van der Waals surface area contributed by atoms with Crippen molar-refractivity contribution in [3.05, 3.63) is 46.1 Å². The van der Waals surface area contributed by atoms with E-state index >= 15 is 4.39 Å². The first-order chi connectivity index (χ1) is 16.9. The lowest BCUT2D eigenvalue weighted by Crippen LogP contribution is -2.35. The highest BCUT2D eigenvalue weighted by atomic mass is 19.1. The molecule has 0 bridgehead atoms. The molecule has 2 aromatic heterocycles. The number of dihydropyridines is 1. The molecule has 3 aliphatic heterocycles. The topological polar surface area (TPSA) is 77.3 Å². The zero-order valence-electron chi connectivity index (χ0n) is 20.4. The lowest BCUT2D eigenvalue weighted by molar-refractivity contribution is -0.0102. The minimum absolute atomic E-state index is 0.0885. The third-order valence-corrected chi connectivity index (χ3v) is 7.76. The highest BCUT2D eigenvalue weighted by molar-refractivity contribution is 6.02. The number of fused-ring (bicyclic) bond motifs is 4. The van der Waals surface area contributed by atoms with Gasteiger partial charge in [0.1, 0.15) is 22.5 Å². The molecule has 8 nitrogen and oxygen atoms in total. The minimum Gasteiger partial charge on any atom is -0.364 e. The van der Waals surface area contributed by atoms with E-state index < -0.39 is 11.4 Å². The number of piperidine rings is 1. The molecule has 0 amide bonds. The average Bonchev–Trinajstić information content (AvgIpc) is 3.36. The predicted molar refractivity (Wildman–Crippen MR) is 133 cm³/mol. The summed E-state index contributed by atoms with van der Waals surface area (Å²) < 4.78 is 25.2. The number of hydrogen-bond acceptors (Lipinski definition) is 6. The summed E-state index contributed by atoms with van der Waals surface area (Å²) in [6.07, 6.45) is 8.70. The van der Waals surface area contributed by atoms with Crippen molar-refractivity contribution in [3.8, 4) is 0 Å². The highest BCUT2D eigenvalue weighted by Gasteiger charge is 2.43. The first-order valence-electron chi connectivity index (χ1n) is 12.5. The normalized spacial score (nSPS) is 27.4. The van der Waals surface area contributed by atoms with Crippen LogP contribution in [-0.4, -0.2) is 62.7 Å². The molecule has 5 heterocycles. The molecule has 184 valence electrons. The van der Waals surface area contributed by atoms with Gasteiger partial charge < -0.3 is 4.74 Å². The van der Waals surface area contributed by atoms with Crippen molar-refractivity contribution >= 4 is 28.3 Å². The van der Waals surface area contributed by atoms with Crippen LogP contribution >= 0.6 is 0 Å². The van der Waals surface area contributed by atoms with Crippen LogP contribution in [0, 0.1) is 11.7 Å². The van der Waals surface area contributed by atoms with Crippen LogP contribution in [0.15, 0.2) is 34.1 Å². The van der Waals surface area contributed by atoms with Crippen LogP contribution in [-0.2, 0) is 17.4 Å². The van der Waals surface area contributed by atoms with E-state index in [-0.39, 0.29) is 18.3 Å². The number of aliphatic imine (C=N–C) groups is 1. The van der Waals surface area contributed by atoms with Gasteiger partial charge in [0.15, 0.2) is 5.65 Å².